The summed E-state index contributed by atoms with van der Waals surface area (Å²) in [5.41, 5.74) is 5.80. The molecule has 1 atom stereocenters. The summed E-state index contributed by atoms with van der Waals surface area (Å²) in [5, 5.41) is 0. The van der Waals surface area contributed by atoms with Crippen LogP contribution in [0.3, 0.4) is 0 Å². The third-order valence-corrected chi connectivity index (χ3v) is 2.86. The van der Waals surface area contributed by atoms with Gasteiger partial charge >= 0.3 is 0 Å². The van der Waals surface area contributed by atoms with Gasteiger partial charge < -0.3 is 10.6 Å². The first-order valence-corrected chi connectivity index (χ1v) is 4.31. The maximum absolute atomic E-state index is 5.80. The second-order valence-electron chi connectivity index (χ2n) is 3.01. The monoisotopic (exact) mass is 178 g/mol. The lowest BCUT2D eigenvalue weighted by atomic mass is 10.1. The lowest BCUT2D eigenvalue weighted by Crippen LogP contribution is -2.52. The molecular formula is C6H14N2S2. The van der Waals surface area contributed by atoms with Crippen molar-refractivity contribution in [2.45, 2.75) is 16.5 Å². The number of nitrogens with zero attached hydrogens (tertiary/aromatic N) is 1. The summed E-state index contributed by atoms with van der Waals surface area (Å²) in [7, 11) is 2.06. The molecule has 0 aromatic heterocycles. The largest absolute Gasteiger partial charge is 0.326 e. The van der Waals surface area contributed by atoms with Gasteiger partial charge in [0.2, 0.25) is 0 Å². The maximum Gasteiger partial charge on any atom is 0.0829 e. The van der Waals surface area contributed by atoms with Gasteiger partial charge in [0, 0.05) is 12.6 Å². The van der Waals surface area contributed by atoms with Crippen molar-refractivity contribution in [1.29, 1.82) is 0 Å². The molecule has 10 heavy (non-hydrogen) atoms. The number of nitrogens with two attached hydrogens (primary N) is 1. The van der Waals surface area contributed by atoms with Crippen LogP contribution in [0.5, 0.6) is 0 Å². The van der Waals surface area contributed by atoms with Crippen molar-refractivity contribution in [2.75, 3.05) is 20.1 Å². The summed E-state index contributed by atoms with van der Waals surface area (Å²) in [6, 6.07) is 0.121. The maximum atomic E-state index is 5.80. The van der Waals surface area contributed by atoms with Crippen LogP contribution in [0.4, 0.5) is 0 Å². The van der Waals surface area contributed by atoms with Gasteiger partial charge in [-0.15, -0.1) is 0 Å². The van der Waals surface area contributed by atoms with Gasteiger partial charge in [-0.25, -0.2) is 0 Å². The van der Waals surface area contributed by atoms with Gasteiger partial charge in [0.1, 0.15) is 0 Å². The topological polar surface area (TPSA) is 29.3 Å². The summed E-state index contributed by atoms with van der Waals surface area (Å²) >= 11 is 8.74. The van der Waals surface area contributed by atoms with Crippen LogP contribution in [-0.4, -0.2) is 35.2 Å². The molecule has 1 aliphatic rings. The van der Waals surface area contributed by atoms with E-state index in [4.69, 9.17) is 5.73 Å². The molecular weight excluding hydrogens is 164 g/mol. The van der Waals surface area contributed by atoms with E-state index in [1.807, 2.05) is 0 Å². The molecule has 1 heterocycles. The van der Waals surface area contributed by atoms with Crippen molar-refractivity contribution in [3.63, 3.8) is 0 Å². The minimum atomic E-state index is -0.299. The molecule has 2 nitrogen and oxygen atoms in total. The van der Waals surface area contributed by atoms with Crippen molar-refractivity contribution in [1.82, 2.24) is 4.90 Å². The van der Waals surface area contributed by atoms with E-state index in [9.17, 15) is 0 Å². The Balaban J connectivity index is 2.55. The predicted molar refractivity (Wildman–Crippen MR) is 50.8 cm³/mol. The molecule has 0 saturated carbocycles. The summed E-state index contributed by atoms with van der Waals surface area (Å²) < 4.78 is -0.299. The van der Waals surface area contributed by atoms with Crippen molar-refractivity contribution in [3.8, 4) is 0 Å². The fourth-order valence-corrected chi connectivity index (χ4v) is 1.93. The third-order valence-electron chi connectivity index (χ3n) is 1.92. The molecule has 0 bridgehead atoms. The van der Waals surface area contributed by atoms with Crippen LogP contribution in [0.2, 0.25) is 0 Å². The second-order valence-corrected chi connectivity index (χ2v) is 4.96. The molecule has 0 spiro atoms. The average Bonchev–Trinajstić information content (AvgIpc) is 1.78. The molecule has 0 radical (unpaired) electrons. The number of hydrogen-bond acceptors (Lipinski definition) is 4. The Morgan fingerprint density at radius 1 is 1.60 bits per heavy atom. The zero-order chi connectivity index (χ0) is 7.78. The highest BCUT2D eigenvalue weighted by Gasteiger charge is 2.33. The molecule has 1 rings (SSSR count). The van der Waals surface area contributed by atoms with Gasteiger partial charge in [-0.05, 0) is 20.0 Å². The summed E-state index contributed by atoms with van der Waals surface area (Å²) in [6.45, 7) is 1.92. The lowest BCUT2D eigenvalue weighted by molar-refractivity contribution is 0.252. The molecule has 60 valence electrons. The van der Waals surface area contributed by atoms with Crippen molar-refractivity contribution in [2.24, 2.45) is 5.73 Å². The van der Waals surface area contributed by atoms with E-state index < -0.39 is 0 Å². The normalized spacial score (nSPS) is 34.2. The standard InChI is InChI=1S/C6H14N2S2/c1-8-3-2-5(7)6(9,10)4-8/h5,9-10H,2-4,7H2,1H3. The smallest absolute Gasteiger partial charge is 0.0829 e. The van der Waals surface area contributed by atoms with E-state index in [0.717, 1.165) is 19.5 Å². The first kappa shape index (κ1) is 8.71. The van der Waals surface area contributed by atoms with Crippen LogP contribution >= 0.6 is 25.3 Å². The van der Waals surface area contributed by atoms with Crippen LogP contribution in [0.15, 0.2) is 0 Å². The Morgan fingerprint density at radius 3 is 2.60 bits per heavy atom. The number of likely N-dealkylation sites (tertiary alicyclic amines) is 1. The third kappa shape index (κ3) is 1.81. The van der Waals surface area contributed by atoms with Crippen LogP contribution in [0.1, 0.15) is 6.42 Å². The van der Waals surface area contributed by atoms with Gasteiger partial charge in [-0.1, -0.05) is 0 Å². The Hall–Kier alpha value is 0.620. The fourth-order valence-electron chi connectivity index (χ4n) is 1.18. The van der Waals surface area contributed by atoms with Crippen molar-refractivity contribution < 1.29 is 0 Å². The molecule has 0 amide bonds. The molecule has 0 aromatic carbocycles. The number of thiol groups is 2. The lowest BCUT2D eigenvalue weighted by Gasteiger charge is -2.39. The number of rotatable bonds is 0. The van der Waals surface area contributed by atoms with Crippen LogP contribution in [0.25, 0.3) is 0 Å². The molecule has 0 aliphatic carbocycles. The van der Waals surface area contributed by atoms with E-state index >= 15 is 0 Å². The van der Waals surface area contributed by atoms with E-state index in [1.54, 1.807) is 0 Å². The fraction of sp³-hybridized carbons (Fsp3) is 1.00. The van der Waals surface area contributed by atoms with Crippen LogP contribution < -0.4 is 5.73 Å². The summed E-state index contributed by atoms with van der Waals surface area (Å²) in [6.07, 6.45) is 0.990. The second kappa shape index (κ2) is 2.93. The average molecular weight is 178 g/mol. The Morgan fingerprint density at radius 2 is 2.20 bits per heavy atom. The first-order valence-electron chi connectivity index (χ1n) is 3.41. The van der Waals surface area contributed by atoms with Crippen LogP contribution in [-0.2, 0) is 0 Å². The van der Waals surface area contributed by atoms with E-state index in [2.05, 4.69) is 37.2 Å². The highest BCUT2D eigenvalue weighted by Crippen LogP contribution is 2.29. The Labute approximate surface area is 73.0 Å². The SMILES string of the molecule is CN1CCC(N)C(S)(S)C1. The number of piperidine rings is 1. The van der Waals surface area contributed by atoms with E-state index in [-0.39, 0.29) is 10.1 Å². The zero-order valence-corrected chi connectivity index (χ0v) is 7.91. The van der Waals surface area contributed by atoms with Gasteiger partial charge in [0.15, 0.2) is 0 Å². The van der Waals surface area contributed by atoms with Crippen molar-refractivity contribution in [3.05, 3.63) is 0 Å². The summed E-state index contributed by atoms with van der Waals surface area (Å²) in [4.78, 5) is 2.20. The first-order chi connectivity index (χ1) is 4.52. The van der Waals surface area contributed by atoms with Gasteiger partial charge in [-0.3, -0.25) is 0 Å². The van der Waals surface area contributed by atoms with Crippen molar-refractivity contribution >= 4 is 25.3 Å². The van der Waals surface area contributed by atoms with E-state index in [0.29, 0.717) is 0 Å². The molecule has 4 heteroatoms. The zero-order valence-electron chi connectivity index (χ0n) is 6.12. The minimum absolute atomic E-state index is 0.121. The quantitative estimate of drug-likeness (QED) is 0.365. The van der Waals surface area contributed by atoms with E-state index in [1.165, 1.54) is 0 Å². The molecule has 1 saturated heterocycles. The number of hydrogen-bond donors (Lipinski definition) is 3. The van der Waals surface area contributed by atoms with Gasteiger partial charge in [0.05, 0.1) is 4.08 Å². The highest BCUT2D eigenvalue weighted by molar-refractivity contribution is 8.00. The van der Waals surface area contributed by atoms with Crippen LogP contribution in [0, 0.1) is 0 Å². The van der Waals surface area contributed by atoms with Gasteiger partial charge in [0.25, 0.3) is 0 Å². The Kier molecular flexibility index (Phi) is 2.55. The van der Waals surface area contributed by atoms with Gasteiger partial charge in [-0.2, -0.15) is 25.3 Å². The molecule has 1 fully saturated rings. The molecule has 1 aliphatic heterocycles. The summed E-state index contributed by atoms with van der Waals surface area (Å²) in [5.74, 6) is 0. The predicted octanol–water partition coefficient (Wildman–Crippen LogP) is 0.205. The molecule has 1 unspecified atom stereocenters. The Bertz CT molecular complexity index is 127. The highest BCUT2D eigenvalue weighted by atomic mass is 32.2. The minimum Gasteiger partial charge on any atom is -0.326 e. The molecule has 2 N–H and O–H groups in total. The molecule has 0 aromatic rings.